The number of fused-ring (bicyclic) bond motifs is 1. The SMILES string of the molecule is Cc1cc2oc(-c3ccc(C(F)(F)F)cc3)nc2cc1Cl. The molecule has 3 aromatic rings. The first-order chi connectivity index (χ1) is 9.84. The van der Waals surface area contributed by atoms with Crippen molar-refractivity contribution < 1.29 is 17.6 Å². The highest BCUT2D eigenvalue weighted by molar-refractivity contribution is 6.32. The van der Waals surface area contributed by atoms with Crippen molar-refractivity contribution in [1.29, 1.82) is 0 Å². The Morgan fingerprint density at radius 1 is 1.10 bits per heavy atom. The minimum absolute atomic E-state index is 0.264. The fourth-order valence-electron chi connectivity index (χ4n) is 1.98. The first kappa shape index (κ1) is 13.9. The van der Waals surface area contributed by atoms with Crippen LogP contribution in [0, 0.1) is 6.92 Å². The molecule has 1 aromatic heterocycles. The lowest BCUT2D eigenvalue weighted by atomic mass is 10.1. The molecular weight excluding hydrogens is 303 g/mol. The van der Waals surface area contributed by atoms with E-state index in [9.17, 15) is 13.2 Å². The summed E-state index contributed by atoms with van der Waals surface area (Å²) in [5.41, 5.74) is 1.74. The van der Waals surface area contributed by atoms with Gasteiger partial charge in [-0.15, -0.1) is 0 Å². The average molecular weight is 312 g/mol. The first-order valence-electron chi connectivity index (χ1n) is 6.09. The molecule has 0 aliphatic heterocycles. The molecule has 3 rings (SSSR count). The molecule has 0 unspecified atom stereocenters. The van der Waals surface area contributed by atoms with E-state index in [1.165, 1.54) is 12.1 Å². The number of alkyl halides is 3. The number of aromatic nitrogens is 1. The van der Waals surface area contributed by atoms with Gasteiger partial charge in [-0.25, -0.2) is 4.98 Å². The lowest BCUT2D eigenvalue weighted by molar-refractivity contribution is -0.137. The maximum Gasteiger partial charge on any atom is 0.416 e. The smallest absolute Gasteiger partial charge is 0.416 e. The van der Waals surface area contributed by atoms with Crippen LogP contribution in [0.5, 0.6) is 0 Å². The highest BCUT2D eigenvalue weighted by Gasteiger charge is 2.30. The monoisotopic (exact) mass is 311 g/mol. The van der Waals surface area contributed by atoms with Crippen LogP contribution in [0.1, 0.15) is 11.1 Å². The Bertz CT molecular complexity index is 767. The molecule has 0 fully saturated rings. The van der Waals surface area contributed by atoms with Gasteiger partial charge in [-0.2, -0.15) is 13.2 Å². The molecule has 0 aliphatic carbocycles. The summed E-state index contributed by atoms with van der Waals surface area (Å²) >= 11 is 6.01. The van der Waals surface area contributed by atoms with E-state index >= 15 is 0 Å². The van der Waals surface area contributed by atoms with Crippen molar-refractivity contribution in [2.24, 2.45) is 0 Å². The Kier molecular flexibility index (Phi) is 3.17. The molecule has 0 bridgehead atoms. The zero-order chi connectivity index (χ0) is 15.2. The highest BCUT2D eigenvalue weighted by atomic mass is 35.5. The number of hydrogen-bond acceptors (Lipinski definition) is 2. The quantitative estimate of drug-likeness (QED) is 0.595. The molecule has 108 valence electrons. The number of hydrogen-bond donors (Lipinski definition) is 0. The molecule has 0 N–H and O–H groups in total. The molecule has 2 aromatic carbocycles. The fourth-order valence-corrected chi connectivity index (χ4v) is 2.13. The van der Waals surface area contributed by atoms with Crippen molar-refractivity contribution in [3.05, 3.63) is 52.5 Å². The zero-order valence-corrected chi connectivity index (χ0v) is 11.6. The van der Waals surface area contributed by atoms with Crippen molar-refractivity contribution in [2.75, 3.05) is 0 Å². The lowest BCUT2D eigenvalue weighted by Crippen LogP contribution is -2.03. The van der Waals surface area contributed by atoms with Crippen molar-refractivity contribution >= 4 is 22.7 Å². The Hall–Kier alpha value is -2.01. The van der Waals surface area contributed by atoms with Crippen LogP contribution < -0.4 is 0 Å². The Labute approximate surface area is 123 Å². The van der Waals surface area contributed by atoms with Crippen molar-refractivity contribution in [3.63, 3.8) is 0 Å². The van der Waals surface area contributed by atoms with Crippen LogP contribution >= 0.6 is 11.6 Å². The molecule has 6 heteroatoms. The van der Waals surface area contributed by atoms with Gasteiger partial charge in [-0.05, 0) is 48.9 Å². The summed E-state index contributed by atoms with van der Waals surface area (Å²) in [5.74, 6) is 0.264. The molecule has 2 nitrogen and oxygen atoms in total. The van der Waals surface area contributed by atoms with E-state index in [4.69, 9.17) is 16.0 Å². The molecule has 0 saturated carbocycles. The predicted molar refractivity (Wildman–Crippen MR) is 74.2 cm³/mol. The van der Waals surface area contributed by atoms with Crippen LogP contribution in [-0.2, 0) is 6.18 Å². The predicted octanol–water partition coefficient (Wildman–Crippen LogP) is 5.48. The van der Waals surface area contributed by atoms with Crippen LogP contribution in [0.4, 0.5) is 13.2 Å². The van der Waals surface area contributed by atoms with Crippen LogP contribution in [0.3, 0.4) is 0 Å². The number of halogens is 4. The number of rotatable bonds is 1. The van der Waals surface area contributed by atoms with Crippen LogP contribution in [0.15, 0.2) is 40.8 Å². The summed E-state index contributed by atoms with van der Waals surface area (Å²) in [6.07, 6.45) is -4.36. The lowest BCUT2D eigenvalue weighted by Gasteiger charge is -2.05. The third kappa shape index (κ3) is 2.61. The Balaban J connectivity index is 2.04. The average Bonchev–Trinajstić information content (AvgIpc) is 2.81. The summed E-state index contributed by atoms with van der Waals surface area (Å²) in [5, 5.41) is 0.565. The van der Waals surface area contributed by atoms with Gasteiger partial charge in [0.1, 0.15) is 5.52 Å². The molecule has 21 heavy (non-hydrogen) atoms. The number of nitrogens with zero attached hydrogens (tertiary/aromatic N) is 1. The van der Waals surface area contributed by atoms with E-state index in [1.54, 1.807) is 12.1 Å². The van der Waals surface area contributed by atoms with E-state index in [0.29, 0.717) is 21.7 Å². The minimum Gasteiger partial charge on any atom is -0.436 e. The van der Waals surface area contributed by atoms with Crippen molar-refractivity contribution in [1.82, 2.24) is 4.98 Å². The second-order valence-corrected chi connectivity index (χ2v) is 5.07. The molecule has 0 saturated heterocycles. The largest absolute Gasteiger partial charge is 0.436 e. The van der Waals surface area contributed by atoms with E-state index < -0.39 is 11.7 Å². The molecule has 0 spiro atoms. The second kappa shape index (κ2) is 4.77. The molecule has 0 aliphatic rings. The van der Waals surface area contributed by atoms with Gasteiger partial charge in [-0.1, -0.05) is 11.6 Å². The summed E-state index contributed by atoms with van der Waals surface area (Å²) in [7, 11) is 0. The Morgan fingerprint density at radius 3 is 2.38 bits per heavy atom. The van der Waals surface area contributed by atoms with Gasteiger partial charge >= 0.3 is 6.18 Å². The molecule has 1 heterocycles. The fraction of sp³-hybridized carbons (Fsp3) is 0.133. The molecule has 0 radical (unpaired) electrons. The summed E-state index contributed by atoms with van der Waals surface area (Å²) < 4.78 is 43.1. The van der Waals surface area contributed by atoms with Gasteiger partial charge in [0.2, 0.25) is 5.89 Å². The van der Waals surface area contributed by atoms with E-state index in [2.05, 4.69) is 4.98 Å². The van der Waals surface area contributed by atoms with Gasteiger partial charge in [0.15, 0.2) is 5.58 Å². The number of aryl methyl sites for hydroxylation is 1. The van der Waals surface area contributed by atoms with Crippen LogP contribution in [0.2, 0.25) is 5.02 Å². The summed E-state index contributed by atoms with van der Waals surface area (Å²) in [6, 6.07) is 8.09. The summed E-state index contributed by atoms with van der Waals surface area (Å²) in [4.78, 5) is 4.24. The van der Waals surface area contributed by atoms with Crippen molar-refractivity contribution in [3.8, 4) is 11.5 Å². The van der Waals surface area contributed by atoms with Gasteiger partial charge in [0, 0.05) is 10.6 Å². The minimum atomic E-state index is -4.36. The molecular formula is C15H9ClF3NO. The summed E-state index contributed by atoms with van der Waals surface area (Å²) in [6.45, 7) is 1.84. The Morgan fingerprint density at radius 2 is 1.76 bits per heavy atom. The second-order valence-electron chi connectivity index (χ2n) is 4.66. The van der Waals surface area contributed by atoms with E-state index in [0.717, 1.165) is 17.7 Å². The number of benzene rings is 2. The topological polar surface area (TPSA) is 26.0 Å². The molecule has 0 atom stereocenters. The number of oxazole rings is 1. The third-order valence-corrected chi connectivity index (χ3v) is 3.54. The zero-order valence-electron chi connectivity index (χ0n) is 10.8. The van der Waals surface area contributed by atoms with Crippen molar-refractivity contribution in [2.45, 2.75) is 13.1 Å². The van der Waals surface area contributed by atoms with Crippen LogP contribution in [0.25, 0.3) is 22.6 Å². The maximum atomic E-state index is 12.5. The van der Waals surface area contributed by atoms with E-state index in [1.807, 2.05) is 6.92 Å². The normalized spacial score (nSPS) is 12.0. The van der Waals surface area contributed by atoms with Gasteiger partial charge in [0.25, 0.3) is 0 Å². The van der Waals surface area contributed by atoms with Gasteiger partial charge < -0.3 is 4.42 Å². The third-order valence-electron chi connectivity index (χ3n) is 3.13. The first-order valence-corrected chi connectivity index (χ1v) is 6.47. The van der Waals surface area contributed by atoms with E-state index in [-0.39, 0.29) is 5.89 Å². The van der Waals surface area contributed by atoms with Crippen LogP contribution in [-0.4, -0.2) is 4.98 Å². The highest BCUT2D eigenvalue weighted by Crippen LogP contribution is 2.32. The standard InChI is InChI=1S/C15H9ClF3NO/c1-8-6-13-12(7-11(8)16)20-14(21-13)9-2-4-10(5-3-9)15(17,18)19/h2-7H,1H3. The van der Waals surface area contributed by atoms with Gasteiger partial charge in [-0.3, -0.25) is 0 Å². The maximum absolute atomic E-state index is 12.5. The van der Waals surface area contributed by atoms with Gasteiger partial charge in [0.05, 0.1) is 5.56 Å². The molecule has 0 amide bonds.